The number of rotatable bonds is 3. The van der Waals surface area contributed by atoms with E-state index in [2.05, 4.69) is 4.98 Å². The van der Waals surface area contributed by atoms with Gasteiger partial charge in [-0.3, -0.25) is 4.98 Å². The molecule has 2 heterocycles. The van der Waals surface area contributed by atoms with Gasteiger partial charge in [0.25, 0.3) is 0 Å². The molecule has 0 fully saturated rings. The van der Waals surface area contributed by atoms with Crippen LogP contribution in [0.4, 0.5) is 0 Å². The highest BCUT2D eigenvalue weighted by Gasteiger charge is 2.28. The molecule has 0 aliphatic carbocycles. The zero-order chi connectivity index (χ0) is 14.2. The van der Waals surface area contributed by atoms with Gasteiger partial charge in [0.15, 0.2) is 0 Å². The van der Waals surface area contributed by atoms with E-state index in [1.165, 1.54) is 5.41 Å². The third-order valence-electron chi connectivity index (χ3n) is 3.17. The molecule has 0 bridgehead atoms. The standard InChI is InChI=1S/C15H13NO3S/c1-11-4-2-6-14-12(10-20(17,18)15(11)14)9-19-13-5-3-7-16-8-13/h2-8,10H,9H2,1H3. The van der Waals surface area contributed by atoms with E-state index in [0.717, 1.165) is 11.1 Å². The van der Waals surface area contributed by atoms with Crippen molar-refractivity contribution in [3.8, 4) is 5.75 Å². The lowest BCUT2D eigenvalue weighted by atomic mass is 10.1. The molecule has 0 amide bonds. The summed E-state index contributed by atoms with van der Waals surface area (Å²) in [4.78, 5) is 4.35. The Morgan fingerprint density at radius 2 is 2.05 bits per heavy atom. The summed E-state index contributed by atoms with van der Waals surface area (Å²) in [6, 6.07) is 9.02. The van der Waals surface area contributed by atoms with Crippen LogP contribution in [-0.4, -0.2) is 20.0 Å². The largest absolute Gasteiger partial charge is 0.487 e. The van der Waals surface area contributed by atoms with Gasteiger partial charge in [-0.15, -0.1) is 0 Å². The van der Waals surface area contributed by atoms with E-state index in [9.17, 15) is 8.42 Å². The SMILES string of the molecule is Cc1cccc2c1S(=O)(=O)C=C2COc1cccnc1. The number of fused-ring (bicyclic) bond motifs is 1. The van der Waals surface area contributed by atoms with Gasteiger partial charge in [-0.25, -0.2) is 8.42 Å². The first-order chi connectivity index (χ1) is 9.58. The number of benzene rings is 1. The summed E-state index contributed by atoms with van der Waals surface area (Å²) in [5.74, 6) is 0.618. The lowest BCUT2D eigenvalue weighted by molar-refractivity contribution is 0.368. The summed E-state index contributed by atoms with van der Waals surface area (Å²) in [5.41, 5.74) is 2.16. The summed E-state index contributed by atoms with van der Waals surface area (Å²) in [6.07, 6.45) is 3.26. The van der Waals surface area contributed by atoms with Gasteiger partial charge >= 0.3 is 0 Å². The van der Waals surface area contributed by atoms with Crippen LogP contribution in [-0.2, 0) is 9.84 Å². The molecule has 0 atom stereocenters. The van der Waals surface area contributed by atoms with E-state index >= 15 is 0 Å². The van der Waals surface area contributed by atoms with Gasteiger partial charge in [0.1, 0.15) is 12.4 Å². The fourth-order valence-corrected chi connectivity index (χ4v) is 4.01. The first kappa shape index (κ1) is 12.9. The number of nitrogens with zero attached hydrogens (tertiary/aromatic N) is 1. The molecule has 2 aromatic rings. The number of sulfone groups is 1. The van der Waals surface area contributed by atoms with E-state index < -0.39 is 9.84 Å². The number of aryl methyl sites for hydroxylation is 1. The maximum Gasteiger partial charge on any atom is 0.201 e. The maximum atomic E-state index is 12.2. The molecule has 0 saturated heterocycles. The minimum atomic E-state index is -3.35. The second-order valence-electron chi connectivity index (χ2n) is 4.62. The van der Waals surface area contributed by atoms with Gasteiger partial charge < -0.3 is 4.74 Å². The molecule has 1 aliphatic rings. The summed E-state index contributed by atoms with van der Waals surface area (Å²) < 4.78 is 29.9. The highest BCUT2D eigenvalue weighted by molar-refractivity contribution is 7.95. The van der Waals surface area contributed by atoms with E-state index in [1.54, 1.807) is 37.5 Å². The molecule has 5 heteroatoms. The Bertz CT molecular complexity index is 780. The molecule has 0 unspecified atom stereocenters. The smallest absolute Gasteiger partial charge is 0.201 e. The first-order valence-corrected chi connectivity index (χ1v) is 7.71. The molecule has 4 nitrogen and oxygen atoms in total. The molecule has 0 spiro atoms. The second kappa shape index (κ2) is 4.76. The van der Waals surface area contributed by atoms with Gasteiger partial charge in [0, 0.05) is 22.7 Å². The number of hydrogen-bond acceptors (Lipinski definition) is 4. The van der Waals surface area contributed by atoms with Crippen LogP contribution < -0.4 is 4.74 Å². The minimum absolute atomic E-state index is 0.210. The Labute approximate surface area is 117 Å². The minimum Gasteiger partial charge on any atom is -0.487 e. The Hall–Kier alpha value is -2.14. The molecule has 0 N–H and O–H groups in total. The first-order valence-electron chi connectivity index (χ1n) is 6.16. The molecular weight excluding hydrogens is 274 g/mol. The van der Waals surface area contributed by atoms with Crippen LogP contribution >= 0.6 is 0 Å². The number of hydrogen-bond donors (Lipinski definition) is 0. The number of aromatic nitrogens is 1. The average molecular weight is 287 g/mol. The lowest BCUT2D eigenvalue weighted by Crippen LogP contribution is -2.00. The van der Waals surface area contributed by atoms with Crippen molar-refractivity contribution in [3.63, 3.8) is 0 Å². The normalized spacial score (nSPS) is 15.6. The van der Waals surface area contributed by atoms with Crippen molar-refractivity contribution in [2.24, 2.45) is 0 Å². The van der Waals surface area contributed by atoms with Crippen molar-refractivity contribution in [2.75, 3.05) is 6.61 Å². The molecule has 102 valence electrons. The lowest BCUT2D eigenvalue weighted by Gasteiger charge is -2.08. The second-order valence-corrected chi connectivity index (χ2v) is 6.35. The predicted octanol–water partition coefficient (Wildman–Crippen LogP) is 2.60. The van der Waals surface area contributed by atoms with Gasteiger partial charge in [-0.1, -0.05) is 18.2 Å². The van der Waals surface area contributed by atoms with Crippen LogP contribution in [0.15, 0.2) is 53.0 Å². The van der Waals surface area contributed by atoms with Crippen molar-refractivity contribution in [2.45, 2.75) is 11.8 Å². The molecule has 1 aromatic heterocycles. The van der Waals surface area contributed by atoms with Crippen LogP contribution in [0.1, 0.15) is 11.1 Å². The molecule has 1 aromatic carbocycles. The third-order valence-corrected chi connectivity index (χ3v) is 4.87. The predicted molar refractivity (Wildman–Crippen MR) is 76.1 cm³/mol. The topological polar surface area (TPSA) is 56.3 Å². The molecule has 0 radical (unpaired) electrons. The average Bonchev–Trinajstić information content (AvgIpc) is 2.70. The highest BCUT2D eigenvalue weighted by Crippen LogP contribution is 2.35. The van der Waals surface area contributed by atoms with Crippen molar-refractivity contribution in [1.82, 2.24) is 4.98 Å². The fraction of sp³-hybridized carbons (Fsp3) is 0.133. The van der Waals surface area contributed by atoms with E-state index in [0.29, 0.717) is 16.2 Å². The van der Waals surface area contributed by atoms with Crippen molar-refractivity contribution >= 4 is 15.4 Å². The van der Waals surface area contributed by atoms with Crippen LogP contribution in [0.5, 0.6) is 5.75 Å². The molecule has 20 heavy (non-hydrogen) atoms. The van der Waals surface area contributed by atoms with Crippen LogP contribution in [0.3, 0.4) is 0 Å². The molecule has 1 aliphatic heterocycles. The maximum absolute atomic E-state index is 12.2. The van der Waals surface area contributed by atoms with Gasteiger partial charge in [0.2, 0.25) is 9.84 Å². The van der Waals surface area contributed by atoms with Gasteiger partial charge in [0.05, 0.1) is 11.1 Å². The summed E-state index contributed by atoms with van der Waals surface area (Å²) in [6.45, 7) is 2.01. The molecule has 3 rings (SSSR count). The summed E-state index contributed by atoms with van der Waals surface area (Å²) in [5, 5.41) is 1.29. The number of ether oxygens (including phenoxy) is 1. The van der Waals surface area contributed by atoms with Crippen molar-refractivity contribution < 1.29 is 13.2 Å². The van der Waals surface area contributed by atoms with Gasteiger partial charge in [-0.05, 0) is 24.6 Å². The van der Waals surface area contributed by atoms with E-state index in [-0.39, 0.29) is 6.61 Å². The van der Waals surface area contributed by atoms with Crippen molar-refractivity contribution in [3.05, 3.63) is 59.3 Å². The summed E-state index contributed by atoms with van der Waals surface area (Å²) >= 11 is 0. The van der Waals surface area contributed by atoms with E-state index in [1.807, 2.05) is 12.1 Å². The Morgan fingerprint density at radius 3 is 2.80 bits per heavy atom. The Balaban J connectivity index is 1.92. The summed E-state index contributed by atoms with van der Waals surface area (Å²) in [7, 11) is -3.35. The highest BCUT2D eigenvalue weighted by atomic mass is 32.2. The van der Waals surface area contributed by atoms with E-state index in [4.69, 9.17) is 4.74 Å². The quantitative estimate of drug-likeness (QED) is 0.870. The monoisotopic (exact) mass is 287 g/mol. The molecular formula is C15H13NO3S. The fourth-order valence-electron chi connectivity index (χ4n) is 2.30. The van der Waals surface area contributed by atoms with Crippen LogP contribution in [0.2, 0.25) is 0 Å². The zero-order valence-corrected chi connectivity index (χ0v) is 11.7. The third kappa shape index (κ3) is 2.20. The molecule has 0 saturated carbocycles. The van der Waals surface area contributed by atoms with Gasteiger partial charge in [-0.2, -0.15) is 0 Å². The zero-order valence-electron chi connectivity index (χ0n) is 10.9. The Morgan fingerprint density at radius 1 is 1.20 bits per heavy atom. The van der Waals surface area contributed by atoms with Crippen molar-refractivity contribution in [1.29, 1.82) is 0 Å². The number of pyridine rings is 1. The van der Waals surface area contributed by atoms with Crippen LogP contribution in [0.25, 0.3) is 5.57 Å². The van der Waals surface area contributed by atoms with Crippen LogP contribution in [0, 0.1) is 6.92 Å². The Kier molecular flexibility index (Phi) is 3.06.